The molecule has 13 heavy (non-hydrogen) atoms. The number of thiophene rings is 1. The average Bonchev–Trinajstić information content (AvgIpc) is 2.52. The van der Waals surface area contributed by atoms with Crippen molar-refractivity contribution < 1.29 is 4.79 Å². The van der Waals surface area contributed by atoms with Gasteiger partial charge in [-0.05, 0) is 34.3 Å². The van der Waals surface area contributed by atoms with Crippen LogP contribution in [0.1, 0.15) is 16.6 Å². The van der Waals surface area contributed by atoms with Gasteiger partial charge in [-0.3, -0.25) is 4.79 Å². The molecular formula is C9H8BrNOS. The van der Waals surface area contributed by atoms with Gasteiger partial charge in [-0.1, -0.05) is 5.92 Å². The Balaban J connectivity index is 2.57. The van der Waals surface area contributed by atoms with E-state index in [4.69, 9.17) is 0 Å². The molecule has 1 rings (SSSR count). The SMILES string of the molecule is CC#CCNC(=O)c1sccc1Br. The average molecular weight is 258 g/mol. The molecule has 0 fully saturated rings. The monoisotopic (exact) mass is 257 g/mol. The highest BCUT2D eigenvalue weighted by atomic mass is 79.9. The second-order valence-corrected chi connectivity index (χ2v) is 3.98. The summed E-state index contributed by atoms with van der Waals surface area (Å²) in [6.45, 7) is 2.15. The molecule has 1 amide bonds. The van der Waals surface area contributed by atoms with Gasteiger partial charge in [0.25, 0.3) is 5.91 Å². The van der Waals surface area contributed by atoms with E-state index in [0.717, 1.165) is 4.47 Å². The van der Waals surface area contributed by atoms with Gasteiger partial charge in [-0.25, -0.2) is 0 Å². The Bertz CT molecular complexity index is 361. The zero-order valence-corrected chi connectivity index (χ0v) is 9.46. The van der Waals surface area contributed by atoms with Gasteiger partial charge >= 0.3 is 0 Å². The molecule has 0 atom stereocenters. The van der Waals surface area contributed by atoms with Crippen LogP contribution in [0.25, 0.3) is 0 Å². The van der Waals surface area contributed by atoms with Crippen LogP contribution in [0.3, 0.4) is 0 Å². The van der Waals surface area contributed by atoms with Gasteiger partial charge in [0.15, 0.2) is 0 Å². The predicted octanol–water partition coefficient (Wildman–Crippen LogP) is 2.26. The van der Waals surface area contributed by atoms with Crippen molar-refractivity contribution in [3.05, 3.63) is 20.8 Å². The topological polar surface area (TPSA) is 29.1 Å². The van der Waals surface area contributed by atoms with E-state index in [0.29, 0.717) is 11.4 Å². The first kappa shape index (κ1) is 10.3. The zero-order valence-electron chi connectivity index (χ0n) is 7.06. The number of nitrogens with one attached hydrogen (secondary N) is 1. The summed E-state index contributed by atoms with van der Waals surface area (Å²) in [5, 5.41) is 4.56. The number of rotatable bonds is 2. The van der Waals surface area contributed by atoms with Gasteiger partial charge in [0, 0.05) is 4.47 Å². The highest BCUT2D eigenvalue weighted by Gasteiger charge is 2.09. The smallest absolute Gasteiger partial charge is 0.263 e. The van der Waals surface area contributed by atoms with Gasteiger partial charge in [-0.2, -0.15) is 0 Å². The van der Waals surface area contributed by atoms with Gasteiger partial charge < -0.3 is 5.32 Å². The minimum atomic E-state index is -0.0791. The van der Waals surface area contributed by atoms with E-state index in [1.807, 2.05) is 11.4 Å². The summed E-state index contributed by atoms with van der Waals surface area (Å²) in [5.41, 5.74) is 0. The summed E-state index contributed by atoms with van der Waals surface area (Å²) in [6.07, 6.45) is 0. The Morgan fingerprint density at radius 3 is 3.08 bits per heavy atom. The van der Waals surface area contributed by atoms with E-state index in [-0.39, 0.29) is 5.91 Å². The summed E-state index contributed by atoms with van der Waals surface area (Å²) < 4.78 is 0.833. The van der Waals surface area contributed by atoms with Gasteiger partial charge in [0.1, 0.15) is 4.88 Å². The lowest BCUT2D eigenvalue weighted by atomic mass is 10.4. The first-order valence-corrected chi connectivity index (χ1v) is 5.33. The summed E-state index contributed by atoms with van der Waals surface area (Å²) >= 11 is 4.70. The van der Waals surface area contributed by atoms with Crippen molar-refractivity contribution in [2.45, 2.75) is 6.92 Å². The quantitative estimate of drug-likeness (QED) is 0.810. The molecule has 4 heteroatoms. The summed E-state index contributed by atoms with van der Waals surface area (Å²) in [4.78, 5) is 12.1. The number of halogens is 1. The number of amides is 1. The lowest BCUT2D eigenvalue weighted by molar-refractivity contribution is 0.0962. The fourth-order valence-corrected chi connectivity index (χ4v) is 2.22. The van der Waals surface area contributed by atoms with Crippen molar-refractivity contribution in [1.29, 1.82) is 0 Å². The largest absolute Gasteiger partial charge is 0.340 e. The Kier molecular flexibility index (Phi) is 4.00. The van der Waals surface area contributed by atoms with E-state index in [1.165, 1.54) is 11.3 Å². The third-order valence-corrected chi connectivity index (χ3v) is 3.17. The van der Waals surface area contributed by atoms with Gasteiger partial charge in [-0.15, -0.1) is 17.3 Å². The maximum atomic E-state index is 11.4. The standard InChI is InChI=1S/C9H8BrNOS/c1-2-3-5-11-9(12)8-7(10)4-6-13-8/h4,6H,5H2,1H3,(H,11,12). The predicted molar refractivity (Wildman–Crippen MR) is 57.8 cm³/mol. The zero-order chi connectivity index (χ0) is 9.68. The molecule has 0 unspecified atom stereocenters. The molecular weight excluding hydrogens is 250 g/mol. The second-order valence-electron chi connectivity index (χ2n) is 2.21. The third kappa shape index (κ3) is 2.87. The lowest BCUT2D eigenvalue weighted by Crippen LogP contribution is -2.22. The van der Waals surface area contributed by atoms with Crippen molar-refractivity contribution in [3.63, 3.8) is 0 Å². The molecule has 1 N–H and O–H groups in total. The van der Waals surface area contributed by atoms with E-state index in [1.54, 1.807) is 6.92 Å². The normalized spacial score (nSPS) is 8.77. The van der Waals surface area contributed by atoms with Crippen LogP contribution < -0.4 is 5.32 Å². The molecule has 2 nitrogen and oxygen atoms in total. The van der Waals surface area contributed by atoms with Crippen LogP contribution in [-0.4, -0.2) is 12.5 Å². The molecule has 0 saturated heterocycles. The Hall–Kier alpha value is -0.790. The second kappa shape index (κ2) is 5.05. The molecule has 1 heterocycles. The minimum Gasteiger partial charge on any atom is -0.340 e. The Labute approximate surface area is 89.5 Å². The molecule has 0 bridgehead atoms. The first-order valence-electron chi connectivity index (χ1n) is 3.66. The number of hydrogen-bond acceptors (Lipinski definition) is 2. The summed E-state index contributed by atoms with van der Waals surface area (Å²) in [7, 11) is 0. The van der Waals surface area contributed by atoms with E-state index >= 15 is 0 Å². The molecule has 1 aromatic rings. The van der Waals surface area contributed by atoms with E-state index in [9.17, 15) is 4.79 Å². The molecule has 0 aliphatic carbocycles. The van der Waals surface area contributed by atoms with Crippen molar-refractivity contribution >= 4 is 33.2 Å². The van der Waals surface area contributed by atoms with E-state index < -0.39 is 0 Å². The Morgan fingerprint density at radius 1 is 1.77 bits per heavy atom. The summed E-state index contributed by atoms with van der Waals surface area (Å²) in [6, 6.07) is 1.85. The molecule has 1 aromatic heterocycles. The molecule has 68 valence electrons. The lowest BCUT2D eigenvalue weighted by Gasteiger charge is -1.97. The number of hydrogen-bond donors (Lipinski definition) is 1. The molecule has 0 spiro atoms. The number of carbonyl (C=O) groups is 1. The van der Waals surface area contributed by atoms with Crippen molar-refractivity contribution in [2.75, 3.05) is 6.54 Å². The maximum Gasteiger partial charge on any atom is 0.263 e. The van der Waals surface area contributed by atoms with Crippen LogP contribution in [0.2, 0.25) is 0 Å². The highest BCUT2D eigenvalue weighted by molar-refractivity contribution is 9.10. The minimum absolute atomic E-state index is 0.0791. The highest BCUT2D eigenvalue weighted by Crippen LogP contribution is 2.21. The fourth-order valence-electron chi connectivity index (χ4n) is 0.749. The van der Waals surface area contributed by atoms with Gasteiger partial charge in [0.05, 0.1) is 6.54 Å². The van der Waals surface area contributed by atoms with Crippen molar-refractivity contribution in [2.24, 2.45) is 0 Å². The maximum absolute atomic E-state index is 11.4. The third-order valence-electron chi connectivity index (χ3n) is 1.34. The fraction of sp³-hybridized carbons (Fsp3) is 0.222. The van der Waals surface area contributed by atoms with Crippen LogP contribution in [-0.2, 0) is 0 Å². The van der Waals surface area contributed by atoms with Crippen LogP contribution in [0.4, 0.5) is 0 Å². The molecule has 0 aliphatic rings. The summed E-state index contributed by atoms with van der Waals surface area (Å²) in [5.74, 6) is 5.40. The van der Waals surface area contributed by atoms with Gasteiger partial charge in [0.2, 0.25) is 0 Å². The number of carbonyl (C=O) groups excluding carboxylic acids is 1. The van der Waals surface area contributed by atoms with Crippen molar-refractivity contribution in [1.82, 2.24) is 5.32 Å². The molecule has 0 aliphatic heterocycles. The molecule has 0 saturated carbocycles. The molecule has 0 aromatic carbocycles. The van der Waals surface area contributed by atoms with E-state index in [2.05, 4.69) is 33.1 Å². The van der Waals surface area contributed by atoms with Crippen LogP contribution in [0, 0.1) is 11.8 Å². The first-order chi connectivity index (χ1) is 6.25. The van der Waals surface area contributed by atoms with Crippen molar-refractivity contribution in [3.8, 4) is 11.8 Å². The Morgan fingerprint density at radius 2 is 2.54 bits per heavy atom. The van der Waals surface area contributed by atoms with Crippen LogP contribution in [0.15, 0.2) is 15.9 Å². The van der Waals surface area contributed by atoms with Crippen LogP contribution in [0.5, 0.6) is 0 Å². The molecule has 0 radical (unpaired) electrons. The van der Waals surface area contributed by atoms with Crippen LogP contribution >= 0.6 is 27.3 Å².